The predicted octanol–water partition coefficient (Wildman–Crippen LogP) is 5.67. The fourth-order valence-electron chi connectivity index (χ4n) is 1.56. The standard InChI is InChI=1S/2C6H5FO.2C5H5.Zr/c2*7-5-1-3-6(8)4-2-5;2*1-2-4-5-3-1;/h2*1-4,8H;2*1-3H,4H2;/q;;2*-1;+2. The van der Waals surface area contributed by atoms with E-state index in [-0.39, 0.29) is 49.3 Å². The van der Waals surface area contributed by atoms with Crippen LogP contribution in [-0.2, 0) is 26.2 Å². The van der Waals surface area contributed by atoms with Gasteiger partial charge in [-0.2, -0.15) is 12.2 Å². The van der Waals surface area contributed by atoms with Gasteiger partial charge in [0.25, 0.3) is 0 Å². The molecule has 0 fully saturated rings. The Labute approximate surface area is 178 Å². The summed E-state index contributed by atoms with van der Waals surface area (Å²) in [7, 11) is 0. The topological polar surface area (TPSA) is 40.5 Å². The van der Waals surface area contributed by atoms with Crippen molar-refractivity contribution in [2.24, 2.45) is 0 Å². The van der Waals surface area contributed by atoms with Crippen LogP contribution in [0, 0.1) is 23.8 Å². The third-order valence-corrected chi connectivity index (χ3v) is 2.82. The van der Waals surface area contributed by atoms with Gasteiger partial charge >= 0.3 is 26.2 Å². The fraction of sp³-hybridized carbons (Fsp3) is 0.0909. The zero-order valence-electron chi connectivity index (χ0n) is 14.6. The van der Waals surface area contributed by atoms with Crippen LogP contribution in [0.15, 0.2) is 85.0 Å². The van der Waals surface area contributed by atoms with E-state index in [1.807, 2.05) is 24.3 Å². The molecule has 138 valence electrons. The van der Waals surface area contributed by atoms with Gasteiger partial charge in [0.15, 0.2) is 0 Å². The number of hydrogen-bond acceptors (Lipinski definition) is 2. The van der Waals surface area contributed by atoms with Crippen molar-refractivity contribution in [3.8, 4) is 11.5 Å². The van der Waals surface area contributed by atoms with Gasteiger partial charge in [-0.05, 0) is 48.5 Å². The Morgan fingerprint density at radius 1 is 0.630 bits per heavy atom. The summed E-state index contributed by atoms with van der Waals surface area (Å²) in [6.07, 6.45) is 20.0. The summed E-state index contributed by atoms with van der Waals surface area (Å²) < 4.78 is 24.0. The van der Waals surface area contributed by atoms with Crippen LogP contribution in [0.25, 0.3) is 0 Å². The molecule has 0 saturated carbocycles. The van der Waals surface area contributed by atoms with Crippen molar-refractivity contribution in [2.45, 2.75) is 12.8 Å². The van der Waals surface area contributed by atoms with Gasteiger partial charge in [-0.15, -0.1) is 12.8 Å². The average molecular weight is 446 g/mol. The largest absolute Gasteiger partial charge is 2.00 e. The summed E-state index contributed by atoms with van der Waals surface area (Å²) in [5, 5.41) is 17.2. The predicted molar refractivity (Wildman–Crippen MR) is 99.3 cm³/mol. The molecular formula is C22H20F2O2Zr. The minimum absolute atomic E-state index is 0. The number of halogens is 2. The molecule has 2 aliphatic carbocycles. The summed E-state index contributed by atoms with van der Waals surface area (Å²) >= 11 is 0. The van der Waals surface area contributed by atoms with Gasteiger partial charge in [0.2, 0.25) is 0 Å². The van der Waals surface area contributed by atoms with E-state index in [1.165, 1.54) is 48.5 Å². The second kappa shape index (κ2) is 16.0. The Kier molecular flexibility index (Phi) is 14.6. The Morgan fingerprint density at radius 3 is 1.11 bits per heavy atom. The van der Waals surface area contributed by atoms with Crippen molar-refractivity contribution in [3.63, 3.8) is 0 Å². The second-order valence-electron chi connectivity index (χ2n) is 4.96. The molecule has 2 N–H and O–H groups in total. The SMILES string of the molecule is Oc1ccc(F)cc1.Oc1ccc(F)cc1.[C-]1=CC=CC1.[C-]1=CC=CC1.[Zr+2]. The molecule has 2 aromatic rings. The number of allylic oxidation sites excluding steroid dienone is 8. The van der Waals surface area contributed by atoms with E-state index in [1.54, 1.807) is 0 Å². The van der Waals surface area contributed by atoms with Gasteiger partial charge in [-0.25, -0.2) is 33.1 Å². The Balaban J connectivity index is 0.000000337. The molecule has 27 heavy (non-hydrogen) atoms. The maximum Gasteiger partial charge on any atom is 2.00 e. The molecule has 0 amide bonds. The van der Waals surface area contributed by atoms with E-state index in [4.69, 9.17) is 10.2 Å². The molecule has 0 aromatic heterocycles. The summed E-state index contributed by atoms with van der Waals surface area (Å²) in [5.41, 5.74) is 0. The van der Waals surface area contributed by atoms with Gasteiger partial charge in [0.1, 0.15) is 23.1 Å². The van der Waals surface area contributed by atoms with Gasteiger partial charge in [0, 0.05) is 0 Å². The van der Waals surface area contributed by atoms with Gasteiger partial charge < -0.3 is 10.2 Å². The van der Waals surface area contributed by atoms with Gasteiger partial charge in [-0.1, -0.05) is 0 Å². The number of phenols is 2. The maximum atomic E-state index is 12.0. The first-order chi connectivity index (χ1) is 12.6. The van der Waals surface area contributed by atoms with E-state index in [0.717, 1.165) is 12.8 Å². The Hall–Kier alpha value is -2.26. The molecule has 0 saturated heterocycles. The van der Waals surface area contributed by atoms with Crippen LogP contribution in [0.1, 0.15) is 12.8 Å². The van der Waals surface area contributed by atoms with Crippen LogP contribution in [0.4, 0.5) is 8.78 Å². The van der Waals surface area contributed by atoms with Crippen molar-refractivity contribution >= 4 is 0 Å². The normalized spacial score (nSPS) is 11.9. The monoisotopic (exact) mass is 444 g/mol. The molecule has 2 aromatic carbocycles. The molecule has 5 heteroatoms. The Morgan fingerprint density at radius 2 is 0.963 bits per heavy atom. The van der Waals surface area contributed by atoms with Crippen LogP contribution in [-0.4, -0.2) is 10.2 Å². The zero-order chi connectivity index (χ0) is 19.0. The first-order valence-electron chi connectivity index (χ1n) is 7.90. The quantitative estimate of drug-likeness (QED) is 0.513. The first kappa shape index (κ1) is 24.7. The minimum Gasteiger partial charge on any atom is -0.508 e. The molecule has 0 bridgehead atoms. The Bertz CT molecular complexity index is 606. The van der Waals surface area contributed by atoms with E-state index in [9.17, 15) is 8.78 Å². The first-order valence-corrected chi connectivity index (χ1v) is 7.90. The molecule has 0 heterocycles. The zero-order valence-corrected chi connectivity index (χ0v) is 17.1. The van der Waals surface area contributed by atoms with Crippen LogP contribution >= 0.6 is 0 Å². The van der Waals surface area contributed by atoms with Crippen molar-refractivity contribution < 1.29 is 45.2 Å². The number of aromatic hydroxyl groups is 2. The van der Waals surface area contributed by atoms with Crippen molar-refractivity contribution in [1.29, 1.82) is 0 Å². The third kappa shape index (κ3) is 14.6. The van der Waals surface area contributed by atoms with Crippen LogP contribution in [0.3, 0.4) is 0 Å². The average Bonchev–Trinajstić information content (AvgIpc) is 3.39. The summed E-state index contributed by atoms with van der Waals surface area (Å²) in [5.74, 6) is -0.483. The molecule has 2 nitrogen and oxygen atoms in total. The van der Waals surface area contributed by atoms with E-state index >= 15 is 0 Å². The fourth-order valence-corrected chi connectivity index (χ4v) is 1.56. The molecule has 0 spiro atoms. The van der Waals surface area contributed by atoms with Crippen molar-refractivity contribution in [3.05, 3.63) is 109 Å². The summed E-state index contributed by atoms with van der Waals surface area (Å²) in [6, 6.07) is 10.0. The number of rotatable bonds is 0. The van der Waals surface area contributed by atoms with E-state index in [2.05, 4.69) is 24.3 Å². The maximum absolute atomic E-state index is 12.0. The number of phenolic OH excluding ortho intramolecular Hbond substituents is 2. The molecule has 0 radical (unpaired) electrons. The summed E-state index contributed by atoms with van der Waals surface area (Å²) in [4.78, 5) is 0. The van der Waals surface area contributed by atoms with Crippen molar-refractivity contribution in [1.82, 2.24) is 0 Å². The van der Waals surface area contributed by atoms with Crippen LogP contribution < -0.4 is 0 Å². The third-order valence-electron chi connectivity index (χ3n) is 2.82. The second-order valence-corrected chi connectivity index (χ2v) is 4.96. The van der Waals surface area contributed by atoms with Crippen LogP contribution in [0.2, 0.25) is 0 Å². The molecule has 0 atom stereocenters. The number of hydrogen-bond donors (Lipinski definition) is 2. The summed E-state index contributed by atoms with van der Waals surface area (Å²) in [6.45, 7) is 0. The molecule has 0 unspecified atom stereocenters. The molecular weight excluding hydrogens is 425 g/mol. The minimum atomic E-state index is -0.331. The van der Waals surface area contributed by atoms with E-state index in [0.29, 0.717) is 0 Å². The van der Waals surface area contributed by atoms with Crippen LogP contribution in [0.5, 0.6) is 11.5 Å². The van der Waals surface area contributed by atoms with Gasteiger partial charge in [-0.3, -0.25) is 12.2 Å². The van der Waals surface area contributed by atoms with E-state index < -0.39 is 0 Å². The smallest absolute Gasteiger partial charge is 0.508 e. The van der Waals surface area contributed by atoms with Crippen molar-refractivity contribution in [2.75, 3.05) is 0 Å². The molecule has 2 aliphatic rings. The molecule has 4 rings (SSSR count). The van der Waals surface area contributed by atoms with Gasteiger partial charge in [0.05, 0.1) is 0 Å². The molecule has 0 aliphatic heterocycles. The number of benzene rings is 2.